The van der Waals surface area contributed by atoms with E-state index in [1.807, 2.05) is 24.3 Å². The highest BCUT2D eigenvalue weighted by atomic mass is 32.1. The Labute approximate surface area is 136 Å². The fourth-order valence-electron chi connectivity index (χ4n) is 2.87. The predicted molar refractivity (Wildman–Crippen MR) is 96.1 cm³/mol. The molecule has 0 saturated heterocycles. The molecule has 3 nitrogen and oxygen atoms in total. The van der Waals surface area contributed by atoms with Crippen LogP contribution in [0.3, 0.4) is 0 Å². The lowest BCUT2D eigenvalue weighted by Gasteiger charge is -2.32. The molecule has 2 aromatic carbocycles. The maximum absolute atomic E-state index is 5.63. The Morgan fingerprint density at radius 1 is 1.23 bits per heavy atom. The Morgan fingerprint density at radius 2 is 2.05 bits per heavy atom. The maximum atomic E-state index is 5.63. The Kier molecular flexibility index (Phi) is 4.29. The molecule has 0 bridgehead atoms. The van der Waals surface area contributed by atoms with Crippen molar-refractivity contribution in [3.05, 3.63) is 53.6 Å². The monoisotopic (exact) mass is 312 g/mol. The minimum atomic E-state index is 0.717. The van der Waals surface area contributed by atoms with E-state index in [2.05, 4.69) is 35.3 Å². The summed E-state index contributed by atoms with van der Waals surface area (Å²) in [5, 5.41) is 4.04. The van der Waals surface area contributed by atoms with Crippen LogP contribution in [0.15, 0.2) is 42.5 Å². The number of hydrogen-bond acceptors (Lipinski definition) is 2. The summed E-state index contributed by atoms with van der Waals surface area (Å²) < 4.78 is 5.38. The van der Waals surface area contributed by atoms with E-state index in [9.17, 15) is 0 Å². The summed E-state index contributed by atoms with van der Waals surface area (Å²) in [5.74, 6) is 0.797. The van der Waals surface area contributed by atoms with Crippen LogP contribution in [0.5, 0.6) is 5.75 Å². The minimum Gasteiger partial charge on any atom is -0.495 e. The van der Waals surface area contributed by atoms with Gasteiger partial charge in [0.25, 0.3) is 0 Å². The molecule has 0 amide bonds. The molecule has 0 unspecified atom stereocenters. The van der Waals surface area contributed by atoms with Crippen LogP contribution in [-0.2, 0) is 6.42 Å². The second kappa shape index (κ2) is 6.36. The quantitative estimate of drug-likeness (QED) is 0.842. The zero-order chi connectivity index (χ0) is 15.5. The van der Waals surface area contributed by atoms with Crippen molar-refractivity contribution in [3.63, 3.8) is 0 Å². The lowest BCUT2D eigenvalue weighted by atomic mass is 10.00. The molecule has 4 heteroatoms. The van der Waals surface area contributed by atoms with Crippen LogP contribution in [0.25, 0.3) is 0 Å². The van der Waals surface area contributed by atoms with Gasteiger partial charge in [-0.2, -0.15) is 0 Å². The van der Waals surface area contributed by atoms with E-state index in [0.717, 1.165) is 30.8 Å². The summed E-state index contributed by atoms with van der Waals surface area (Å²) in [6.07, 6.45) is 2.23. The van der Waals surface area contributed by atoms with Gasteiger partial charge in [0.1, 0.15) is 5.75 Å². The summed E-state index contributed by atoms with van der Waals surface area (Å²) >= 11 is 5.63. The van der Waals surface area contributed by atoms with Crippen molar-refractivity contribution in [2.24, 2.45) is 0 Å². The lowest BCUT2D eigenvalue weighted by molar-refractivity contribution is 0.417. The molecule has 0 fully saturated rings. The molecule has 0 radical (unpaired) electrons. The van der Waals surface area contributed by atoms with Gasteiger partial charge in [-0.25, -0.2) is 0 Å². The van der Waals surface area contributed by atoms with Crippen LogP contribution in [0.1, 0.15) is 17.5 Å². The van der Waals surface area contributed by atoms with Crippen LogP contribution in [-0.4, -0.2) is 18.8 Å². The number of benzene rings is 2. The molecule has 1 aliphatic rings. The first-order valence-electron chi connectivity index (χ1n) is 7.50. The third-order valence-electron chi connectivity index (χ3n) is 3.95. The van der Waals surface area contributed by atoms with Gasteiger partial charge in [-0.1, -0.05) is 29.8 Å². The SMILES string of the molecule is COc1ccccc1NC(=S)N1CCCc2cc(C)ccc21. The van der Waals surface area contributed by atoms with E-state index in [1.165, 1.54) is 16.8 Å². The molecule has 0 atom stereocenters. The Morgan fingerprint density at radius 3 is 2.86 bits per heavy atom. The number of rotatable bonds is 2. The molecular formula is C18H20N2OS. The number of nitrogens with one attached hydrogen (secondary N) is 1. The van der Waals surface area contributed by atoms with Crippen LogP contribution >= 0.6 is 12.2 Å². The Balaban J connectivity index is 1.85. The van der Waals surface area contributed by atoms with Gasteiger partial charge in [-0.15, -0.1) is 0 Å². The molecule has 1 heterocycles. The third-order valence-corrected chi connectivity index (χ3v) is 4.27. The molecular weight excluding hydrogens is 292 g/mol. The van der Waals surface area contributed by atoms with Crippen molar-refractivity contribution in [3.8, 4) is 5.75 Å². The number of thiocarbonyl (C=S) groups is 1. The molecule has 0 aromatic heterocycles. The Bertz CT molecular complexity index is 699. The van der Waals surface area contributed by atoms with E-state index in [4.69, 9.17) is 17.0 Å². The first-order valence-corrected chi connectivity index (χ1v) is 7.91. The summed E-state index contributed by atoms with van der Waals surface area (Å²) in [7, 11) is 1.67. The number of aryl methyl sites for hydroxylation is 2. The van der Waals surface area contributed by atoms with Gasteiger partial charge in [0.15, 0.2) is 5.11 Å². The number of nitrogens with zero attached hydrogens (tertiary/aromatic N) is 1. The zero-order valence-electron chi connectivity index (χ0n) is 12.9. The van der Waals surface area contributed by atoms with E-state index in [1.54, 1.807) is 7.11 Å². The van der Waals surface area contributed by atoms with Crippen LogP contribution in [0.4, 0.5) is 11.4 Å². The summed E-state index contributed by atoms with van der Waals surface area (Å²) in [6, 6.07) is 14.4. The van der Waals surface area contributed by atoms with Crippen molar-refractivity contribution >= 4 is 28.7 Å². The molecule has 1 N–H and O–H groups in total. The summed E-state index contributed by atoms with van der Waals surface area (Å²) in [6.45, 7) is 3.07. The third kappa shape index (κ3) is 2.92. The van der Waals surface area contributed by atoms with Crippen LogP contribution in [0.2, 0.25) is 0 Å². The van der Waals surface area contributed by atoms with Gasteiger partial charge in [-0.3, -0.25) is 0 Å². The van der Waals surface area contributed by atoms with Gasteiger partial charge < -0.3 is 15.0 Å². The normalized spacial score (nSPS) is 13.5. The van der Waals surface area contributed by atoms with Gasteiger partial charge in [0, 0.05) is 12.2 Å². The van der Waals surface area contributed by atoms with Gasteiger partial charge in [-0.05, 0) is 55.7 Å². The van der Waals surface area contributed by atoms with Gasteiger partial charge in [0.05, 0.1) is 12.8 Å². The van der Waals surface area contributed by atoms with E-state index in [0.29, 0.717) is 5.11 Å². The predicted octanol–water partition coefficient (Wildman–Crippen LogP) is 4.15. The average molecular weight is 312 g/mol. The fraction of sp³-hybridized carbons (Fsp3) is 0.278. The number of ether oxygens (including phenoxy) is 1. The zero-order valence-corrected chi connectivity index (χ0v) is 13.7. The van der Waals surface area contributed by atoms with E-state index in [-0.39, 0.29) is 0 Å². The second-order valence-electron chi connectivity index (χ2n) is 5.52. The standard InChI is InChI=1S/C18H20N2OS/c1-13-9-10-16-14(12-13)6-5-11-20(16)18(22)19-15-7-3-4-8-17(15)21-2/h3-4,7-10,12H,5-6,11H2,1-2H3,(H,19,22). The number of anilines is 2. The molecule has 0 aliphatic carbocycles. The first-order chi connectivity index (χ1) is 10.7. The van der Waals surface area contributed by atoms with Crippen LogP contribution in [0, 0.1) is 6.92 Å². The first kappa shape index (κ1) is 14.9. The number of methoxy groups -OCH3 is 1. The highest BCUT2D eigenvalue weighted by molar-refractivity contribution is 7.80. The van der Waals surface area contributed by atoms with Crippen LogP contribution < -0.4 is 15.0 Å². The van der Waals surface area contributed by atoms with Crippen molar-refractivity contribution in [2.75, 3.05) is 23.9 Å². The fourth-order valence-corrected chi connectivity index (χ4v) is 3.17. The Hall–Kier alpha value is -2.07. The molecule has 3 rings (SSSR count). The molecule has 0 saturated carbocycles. The number of para-hydroxylation sites is 2. The highest BCUT2D eigenvalue weighted by Gasteiger charge is 2.20. The smallest absolute Gasteiger partial charge is 0.178 e. The van der Waals surface area contributed by atoms with Crippen molar-refractivity contribution in [1.82, 2.24) is 0 Å². The molecule has 22 heavy (non-hydrogen) atoms. The average Bonchev–Trinajstić information content (AvgIpc) is 2.54. The number of fused-ring (bicyclic) bond motifs is 1. The second-order valence-corrected chi connectivity index (χ2v) is 5.90. The molecule has 0 spiro atoms. The van der Waals surface area contributed by atoms with E-state index >= 15 is 0 Å². The summed E-state index contributed by atoms with van der Waals surface area (Å²) in [4.78, 5) is 2.18. The lowest BCUT2D eigenvalue weighted by Crippen LogP contribution is -2.38. The summed E-state index contributed by atoms with van der Waals surface area (Å²) in [5.41, 5.74) is 4.78. The van der Waals surface area contributed by atoms with Crippen molar-refractivity contribution in [2.45, 2.75) is 19.8 Å². The molecule has 1 aliphatic heterocycles. The largest absolute Gasteiger partial charge is 0.495 e. The van der Waals surface area contributed by atoms with Crippen molar-refractivity contribution < 1.29 is 4.74 Å². The molecule has 2 aromatic rings. The van der Waals surface area contributed by atoms with E-state index < -0.39 is 0 Å². The van der Waals surface area contributed by atoms with Gasteiger partial charge >= 0.3 is 0 Å². The topological polar surface area (TPSA) is 24.5 Å². The van der Waals surface area contributed by atoms with Crippen molar-refractivity contribution in [1.29, 1.82) is 0 Å². The highest BCUT2D eigenvalue weighted by Crippen LogP contribution is 2.30. The maximum Gasteiger partial charge on any atom is 0.178 e. The number of hydrogen-bond donors (Lipinski definition) is 1. The minimum absolute atomic E-state index is 0.717. The molecule has 114 valence electrons. The van der Waals surface area contributed by atoms with Gasteiger partial charge in [0.2, 0.25) is 0 Å².